The number of hydrogen-bond donors (Lipinski definition) is 2. The van der Waals surface area contributed by atoms with E-state index in [-0.39, 0.29) is 21.5 Å². The number of hydrogen-bond acceptors (Lipinski definition) is 3. The molecule has 0 bridgehead atoms. The van der Waals surface area contributed by atoms with E-state index in [1.165, 1.54) is 30.3 Å². The summed E-state index contributed by atoms with van der Waals surface area (Å²) in [6, 6.07) is 15.0. The molecule has 0 radical (unpaired) electrons. The number of anilines is 2. The van der Waals surface area contributed by atoms with Crippen LogP contribution in [0.4, 0.5) is 11.4 Å². The van der Waals surface area contributed by atoms with Gasteiger partial charge in [-0.1, -0.05) is 47.0 Å². The Hall–Kier alpha value is -2.83. The molecule has 1 amide bonds. The zero-order valence-corrected chi connectivity index (χ0v) is 18.8. The summed E-state index contributed by atoms with van der Waals surface area (Å²) in [6.07, 6.45) is 0. The van der Waals surface area contributed by atoms with Gasteiger partial charge in [-0.3, -0.25) is 9.52 Å². The lowest BCUT2D eigenvalue weighted by molar-refractivity contribution is 0.102. The van der Waals surface area contributed by atoms with Crippen molar-refractivity contribution >= 4 is 38.9 Å². The van der Waals surface area contributed by atoms with Crippen molar-refractivity contribution < 1.29 is 13.2 Å². The van der Waals surface area contributed by atoms with Gasteiger partial charge in [0.05, 0.1) is 15.6 Å². The standard InChI is InChI=1S/C23H23ClN2O3S/c1-14-5-8-19(9-6-14)30(28,29)26-21-10-7-18(13-20(21)24)23(27)25-22-16(3)11-15(2)12-17(22)4/h5-13,26H,1-4H3,(H,25,27). The maximum Gasteiger partial charge on any atom is 0.261 e. The van der Waals surface area contributed by atoms with Crippen LogP contribution in [-0.2, 0) is 10.0 Å². The third-order valence-electron chi connectivity index (χ3n) is 4.72. The lowest BCUT2D eigenvalue weighted by atomic mass is 10.0. The molecule has 0 unspecified atom stereocenters. The van der Waals surface area contributed by atoms with Gasteiger partial charge < -0.3 is 5.32 Å². The fourth-order valence-corrected chi connectivity index (χ4v) is 4.59. The van der Waals surface area contributed by atoms with Gasteiger partial charge in [0.15, 0.2) is 0 Å². The summed E-state index contributed by atoms with van der Waals surface area (Å²) >= 11 is 6.27. The highest BCUT2D eigenvalue weighted by molar-refractivity contribution is 7.92. The van der Waals surface area contributed by atoms with Crippen molar-refractivity contribution in [2.45, 2.75) is 32.6 Å². The molecule has 0 fully saturated rings. The molecule has 0 aliphatic rings. The number of nitrogens with one attached hydrogen (secondary N) is 2. The summed E-state index contributed by atoms with van der Waals surface area (Å²) in [6.45, 7) is 7.75. The fraction of sp³-hybridized carbons (Fsp3) is 0.174. The van der Waals surface area contributed by atoms with Crippen molar-refractivity contribution in [3.05, 3.63) is 87.4 Å². The minimum absolute atomic E-state index is 0.135. The van der Waals surface area contributed by atoms with E-state index in [4.69, 9.17) is 11.6 Å². The molecule has 3 aromatic rings. The van der Waals surface area contributed by atoms with E-state index < -0.39 is 10.0 Å². The number of carbonyl (C=O) groups is 1. The van der Waals surface area contributed by atoms with Crippen molar-refractivity contribution in [3.8, 4) is 0 Å². The Balaban J connectivity index is 1.81. The number of sulfonamides is 1. The molecule has 156 valence electrons. The number of rotatable bonds is 5. The molecule has 3 rings (SSSR count). The van der Waals surface area contributed by atoms with Gasteiger partial charge in [-0.15, -0.1) is 0 Å². The second-order valence-corrected chi connectivity index (χ2v) is 9.43. The van der Waals surface area contributed by atoms with Crippen molar-refractivity contribution in [2.24, 2.45) is 0 Å². The molecule has 0 spiro atoms. The summed E-state index contributed by atoms with van der Waals surface area (Å²) in [7, 11) is -3.78. The monoisotopic (exact) mass is 442 g/mol. The Morgan fingerprint density at radius 2 is 1.43 bits per heavy atom. The summed E-state index contributed by atoms with van der Waals surface area (Å²) in [4.78, 5) is 12.8. The van der Waals surface area contributed by atoms with E-state index in [1.807, 2.05) is 39.8 Å². The summed E-state index contributed by atoms with van der Waals surface area (Å²) in [5.74, 6) is -0.320. The minimum Gasteiger partial charge on any atom is -0.322 e. The van der Waals surface area contributed by atoms with Gasteiger partial charge in [0, 0.05) is 11.3 Å². The van der Waals surface area contributed by atoms with Crippen molar-refractivity contribution in [3.63, 3.8) is 0 Å². The molecule has 0 aliphatic carbocycles. The molecule has 0 atom stereocenters. The van der Waals surface area contributed by atoms with E-state index >= 15 is 0 Å². The maximum absolute atomic E-state index is 12.7. The largest absolute Gasteiger partial charge is 0.322 e. The molecule has 0 aliphatic heterocycles. The van der Waals surface area contributed by atoms with Crippen molar-refractivity contribution in [2.75, 3.05) is 10.0 Å². The second kappa shape index (κ2) is 8.50. The Bertz CT molecular complexity index is 1200. The second-order valence-electron chi connectivity index (χ2n) is 7.34. The van der Waals surface area contributed by atoms with E-state index in [2.05, 4.69) is 10.0 Å². The molecule has 5 nitrogen and oxygen atoms in total. The number of aryl methyl sites for hydroxylation is 4. The number of carbonyl (C=O) groups excluding carboxylic acids is 1. The number of amides is 1. The highest BCUT2D eigenvalue weighted by atomic mass is 35.5. The highest BCUT2D eigenvalue weighted by Gasteiger charge is 2.17. The maximum atomic E-state index is 12.7. The van der Waals surface area contributed by atoms with Crippen LogP contribution in [0.25, 0.3) is 0 Å². The molecule has 7 heteroatoms. The lowest BCUT2D eigenvalue weighted by Crippen LogP contribution is -2.15. The zero-order valence-electron chi connectivity index (χ0n) is 17.2. The van der Waals surface area contributed by atoms with Crippen LogP contribution in [0.15, 0.2) is 59.5 Å². The van der Waals surface area contributed by atoms with Crippen LogP contribution in [0.2, 0.25) is 5.02 Å². The highest BCUT2D eigenvalue weighted by Crippen LogP contribution is 2.27. The van der Waals surface area contributed by atoms with E-state index in [0.29, 0.717) is 5.56 Å². The van der Waals surface area contributed by atoms with Crippen LogP contribution < -0.4 is 10.0 Å². The third-order valence-corrected chi connectivity index (χ3v) is 6.42. The molecule has 0 aromatic heterocycles. The number of halogens is 1. The van der Waals surface area contributed by atoms with E-state index in [0.717, 1.165) is 27.9 Å². The van der Waals surface area contributed by atoms with Gasteiger partial charge in [-0.25, -0.2) is 8.42 Å². The molecular formula is C23H23ClN2O3S. The molecular weight excluding hydrogens is 420 g/mol. The molecule has 3 aromatic carbocycles. The molecule has 30 heavy (non-hydrogen) atoms. The smallest absolute Gasteiger partial charge is 0.261 e. The summed E-state index contributed by atoms with van der Waals surface area (Å²) in [5.41, 5.74) is 5.31. The van der Waals surface area contributed by atoms with Gasteiger partial charge in [-0.2, -0.15) is 0 Å². The van der Waals surface area contributed by atoms with Gasteiger partial charge in [0.25, 0.3) is 15.9 Å². The zero-order chi connectivity index (χ0) is 22.1. The fourth-order valence-electron chi connectivity index (χ4n) is 3.22. The van der Waals surface area contributed by atoms with Crippen LogP contribution in [0, 0.1) is 27.7 Å². The normalized spacial score (nSPS) is 11.2. The first-order chi connectivity index (χ1) is 14.1. The Kier molecular flexibility index (Phi) is 6.19. The third kappa shape index (κ3) is 4.83. The first-order valence-electron chi connectivity index (χ1n) is 9.35. The van der Waals surface area contributed by atoms with Crippen molar-refractivity contribution in [1.82, 2.24) is 0 Å². The van der Waals surface area contributed by atoms with Crippen molar-refractivity contribution in [1.29, 1.82) is 0 Å². The average Bonchev–Trinajstić information content (AvgIpc) is 2.66. The lowest BCUT2D eigenvalue weighted by Gasteiger charge is -2.14. The molecule has 0 saturated heterocycles. The first kappa shape index (κ1) is 21.9. The van der Waals surface area contributed by atoms with Crippen LogP contribution >= 0.6 is 11.6 Å². The summed E-state index contributed by atoms with van der Waals surface area (Å²) in [5, 5.41) is 3.05. The van der Waals surface area contributed by atoms with Gasteiger partial charge in [-0.05, 0) is 69.2 Å². The Labute approximate surface area is 182 Å². The molecule has 2 N–H and O–H groups in total. The van der Waals surface area contributed by atoms with Crippen LogP contribution in [0.1, 0.15) is 32.6 Å². The van der Waals surface area contributed by atoms with E-state index in [9.17, 15) is 13.2 Å². The van der Waals surface area contributed by atoms with Gasteiger partial charge in [0.2, 0.25) is 0 Å². The topological polar surface area (TPSA) is 75.3 Å². The SMILES string of the molecule is Cc1ccc(S(=O)(=O)Nc2ccc(C(=O)Nc3c(C)cc(C)cc3C)cc2Cl)cc1. The summed E-state index contributed by atoms with van der Waals surface area (Å²) < 4.78 is 27.6. The number of benzene rings is 3. The predicted molar refractivity (Wildman–Crippen MR) is 122 cm³/mol. The van der Waals surface area contributed by atoms with E-state index in [1.54, 1.807) is 12.1 Å². The molecule has 0 heterocycles. The molecule has 0 saturated carbocycles. The van der Waals surface area contributed by atoms with Gasteiger partial charge in [0.1, 0.15) is 0 Å². The predicted octanol–water partition coefficient (Wildman–Crippen LogP) is 5.63. The van der Waals surface area contributed by atoms with Crippen LogP contribution in [-0.4, -0.2) is 14.3 Å². The van der Waals surface area contributed by atoms with Crippen LogP contribution in [0.3, 0.4) is 0 Å². The average molecular weight is 443 g/mol. The van der Waals surface area contributed by atoms with Crippen LogP contribution in [0.5, 0.6) is 0 Å². The minimum atomic E-state index is -3.78. The Morgan fingerprint density at radius 1 is 0.833 bits per heavy atom. The first-order valence-corrected chi connectivity index (χ1v) is 11.2. The van der Waals surface area contributed by atoms with Gasteiger partial charge >= 0.3 is 0 Å². The Morgan fingerprint density at radius 3 is 2.00 bits per heavy atom. The quantitative estimate of drug-likeness (QED) is 0.537.